The lowest BCUT2D eigenvalue weighted by Gasteiger charge is -2.20. The number of aromatic nitrogens is 1. The fraction of sp³-hybridized carbons (Fsp3) is 0.319. The number of methoxy groups -OCH3 is 3. The first kappa shape index (κ1) is 41.2. The third kappa shape index (κ3) is 8.91. The summed E-state index contributed by atoms with van der Waals surface area (Å²) in [5.41, 5.74) is 8.43. The molecule has 4 aromatic carbocycles. The molecule has 5 aromatic rings. The van der Waals surface area contributed by atoms with Gasteiger partial charge in [0.2, 0.25) is 12.5 Å². The smallest absolute Gasteiger partial charge is 0.310 e. The Balaban J connectivity index is 0.00000549. The third-order valence-electron chi connectivity index (χ3n) is 10.5. The number of halogens is 1. The number of pyridine rings is 1. The summed E-state index contributed by atoms with van der Waals surface area (Å²) in [6.45, 7) is 9.74. The highest BCUT2D eigenvalue weighted by atomic mass is 79.9. The molecule has 0 amide bonds. The number of allylic oxidation sites excluding steroid dienone is 2. The second-order valence-corrected chi connectivity index (χ2v) is 14.0. The van der Waals surface area contributed by atoms with Gasteiger partial charge in [0.15, 0.2) is 35.7 Å². The molecule has 0 N–H and O–H groups in total. The van der Waals surface area contributed by atoms with Crippen LogP contribution < -0.4 is 50.0 Å². The molecule has 1 aromatic heterocycles. The number of hydrogen-bond donors (Lipinski definition) is 0. The summed E-state index contributed by atoms with van der Waals surface area (Å²) in [4.78, 5) is 13.5. The molecule has 0 unspecified atom stereocenters. The Bertz CT molecular complexity index is 2270. The first-order valence-electron chi connectivity index (χ1n) is 19.3. The van der Waals surface area contributed by atoms with E-state index >= 15 is 0 Å². The maximum Gasteiger partial charge on any atom is 0.310 e. The molecule has 57 heavy (non-hydrogen) atoms. The highest BCUT2D eigenvalue weighted by Gasteiger charge is 2.33. The zero-order valence-electron chi connectivity index (χ0n) is 33.0. The summed E-state index contributed by atoms with van der Waals surface area (Å²) >= 11 is 0. The average Bonchev–Trinajstić information content (AvgIpc) is 3.68. The number of unbranched alkanes of at least 4 members (excludes halogenated alkanes) is 3. The minimum atomic E-state index is -0.269. The Labute approximate surface area is 345 Å². The predicted molar refractivity (Wildman–Crippen MR) is 217 cm³/mol. The van der Waals surface area contributed by atoms with E-state index in [4.69, 9.17) is 33.2 Å². The second kappa shape index (κ2) is 19.1. The number of carbonyl (C=O) groups excluding carboxylic acids is 1. The molecule has 9 nitrogen and oxygen atoms in total. The molecule has 0 bridgehead atoms. The Morgan fingerprint density at radius 1 is 0.772 bits per heavy atom. The lowest BCUT2D eigenvalue weighted by molar-refractivity contribution is -0.686. The van der Waals surface area contributed by atoms with Crippen molar-refractivity contribution in [3.63, 3.8) is 0 Å². The number of benzene rings is 4. The van der Waals surface area contributed by atoms with Crippen LogP contribution in [0.2, 0.25) is 0 Å². The van der Waals surface area contributed by atoms with E-state index in [0.717, 1.165) is 112 Å². The molecule has 0 radical (unpaired) electrons. The van der Waals surface area contributed by atoms with Gasteiger partial charge in [0.05, 0.1) is 51.9 Å². The van der Waals surface area contributed by atoms with E-state index in [1.807, 2.05) is 42.5 Å². The zero-order valence-corrected chi connectivity index (χ0v) is 34.6. The molecule has 298 valence electrons. The summed E-state index contributed by atoms with van der Waals surface area (Å²) in [5, 5.41) is 1.80. The largest absolute Gasteiger partial charge is 1.00 e. The van der Waals surface area contributed by atoms with Crippen LogP contribution in [0.15, 0.2) is 92.2 Å². The maximum atomic E-state index is 13.5. The number of aryl methyl sites for hydroxylation is 2. The van der Waals surface area contributed by atoms with Crippen LogP contribution in [0.5, 0.6) is 34.5 Å². The first-order chi connectivity index (χ1) is 27.5. The highest BCUT2D eigenvalue weighted by Crippen LogP contribution is 2.44. The number of ether oxygens (including phenoxy) is 7. The molecule has 7 rings (SSSR count). The van der Waals surface area contributed by atoms with Crippen LogP contribution in [0.25, 0.3) is 33.2 Å². The standard InChI is InChI=1S/C47H50NO8.BrH/c1-6-12-31-14-17-41(50-3)36(24-31)32-15-18-40(34(25-32)13-7-2)53-22-10-8-9-11-23-54-45(49)28-38-35-16-19-42(51-4)47(52-5)39(35)29-48-21-20-33-26-43-44(56-30-55-43)27-37(33)46(38)48;/h6-7,14-19,24-27,29H,1-2,8-13,20-23,28,30H2,3-5H3;1H/q+1;/p-1. The van der Waals surface area contributed by atoms with Crippen molar-refractivity contribution in [2.45, 2.75) is 57.9 Å². The SMILES string of the molecule is C=CCc1ccc(OC)c(-c2ccc(OCCCCCCOC(=O)Cc3c4[n+](cc5c(OC)c(OC)ccc35)CCc3cc5c(cc3-4)OCO5)c(CC=C)c2)c1.[Br-]. The summed E-state index contributed by atoms with van der Waals surface area (Å²) in [6.07, 6.45) is 11.9. The van der Waals surface area contributed by atoms with Crippen molar-refractivity contribution in [1.29, 1.82) is 0 Å². The van der Waals surface area contributed by atoms with Crippen LogP contribution in [0.4, 0.5) is 0 Å². The lowest BCUT2D eigenvalue weighted by atomic mass is 9.90. The summed E-state index contributed by atoms with van der Waals surface area (Å²) < 4.78 is 42.9. The predicted octanol–water partition coefficient (Wildman–Crippen LogP) is 5.96. The van der Waals surface area contributed by atoms with E-state index < -0.39 is 0 Å². The molecule has 0 atom stereocenters. The van der Waals surface area contributed by atoms with Crippen LogP contribution in [-0.4, -0.2) is 47.3 Å². The molecule has 10 heteroatoms. The monoisotopic (exact) mass is 835 g/mol. The maximum absolute atomic E-state index is 13.5. The number of nitrogens with zero attached hydrogens (tertiary/aromatic N) is 1. The van der Waals surface area contributed by atoms with Crippen LogP contribution in [-0.2, 0) is 41.8 Å². The number of rotatable bonds is 18. The fourth-order valence-electron chi connectivity index (χ4n) is 7.79. The average molecular weight is 837 g/mol. The van der Waals surface area contributed by atoms with Gasteiger partial charge in [-0.1, -0.05) is 24.3 Å². The minimum absolute atomic E-state index is 0. The van der Waals surface area contributed by atoms with Gasteiger partial charge in [-0.15, -0.1) is 13.2 Å². The number of carbonyl (C=O) groups is 1. The van der Waals surface area contributed by atoms with E-state index in [-0.39, 0.29) is 36.2 Å². The van der Waals surface area contributed by atoms with Gasteiger partial charge in [0.1, 0.15) is 11.5 Å². The van der Waals surface area contributed by atoms with E-state index in [1.165, 1.54) is 5.56 Å². The molecule has 0 saturated carbocycles. The van der Waals surface area contributed by atoms with E-state index in [1.54, 1.807) is 21.3 Å². The van der Waals surface area contributed by atoms with Gasteiger partial charge in [-0.05, 0) is 109 Å². The van der Waals surface area contributed by atoms with Crippen molar-refractivity contribution in [3.8, 4) is 56.9 Å². The number of hydrogen-bond acceptors (Lipinski definition) is 8. The first-order valence-corrected chi connectivity index (χ1v) is 19.3. The summed E-state index contributed by atoms with van der Waals surface area (Å²) in [5.74, 6) is 4.16. The normalized spacial score (nSPS) is 12.2. The number of esters is 1. The zero-order chi connectivity index (χ0) is 39.0. The minimum Gasteiger partial charge on any atom is -1.00 e. The molecule has 0 spiro atoms. The molecule has 2 aliphatic heterocycles. The second-order valence-electron chi connectivity index (χ2n) is 14.0. The van der Waals surface area contributed by atoms with Crippen molar-refractivity contribution >= 4 is 16.7 Å². The van der Waals surface area contributed by atoms with E-state index in [9.17, 15) is 4.79 Å². The van der Waals surface area contributed by atoms with Gasteiger partial charge >= 0.3 is 5.97 Å². The van der Waals surface area contributed by atoms with Gasteiger partial charge in [-0.2, -0.15) is 4.57 Å². The molecule has 2 aliphatic rings. The van der Waals surface area contributed by atoms with Crippen molar-refractivity contribution in [2.75, 3.05) is 41.3 Å². The van der Waals surface area contributed by atoms with Crippen LogP contribution in [0, 0.1) is 0 Å². The summed E-state index contributed by atoms with van der Waals surface area (Å²) in [6, 6.07) is 20.5. The number of fused-ring (bicyclic) bond motifs is 5. The molecule has 3 heterocycles. The van der Waals surface area contributed by atoms with Crippen LogP contribution in [0.3, 0.4) is 0 Å². The van der Waals surface area contributed by atoms with Crippen molar-refractivity contribution in [2.24, 2.45) is 0 Å². The van der Waals surface area contributed by atoms with Crippen molar-refractivity contribution < 1.29 is 59.5 Å². The van der Waals surface area contributed by atoms with E-state index in [0.29, 0.717) is 36.9 Å². The van der Waals surface area contributed by atoms with Crippen molar-refractivity contribution in [3.05, 3.63) is 114 Å². The Hall–Kier alpha value is -5.48. The van der Waals surface area contributed by atoms with Gasteiger partial charge in [0, 0.05) is 22.9 Å². The van der Waals surface area contributed by atoms with Gasteiger partial charge < -0.3 is 50.1 Å². The molecular weight excluding hydrogens is 786 g/mol. The molecule has 0 aliphatic carbocycles. The van der Waals surface area contributed by atoms with Crippen molar-refractivity contribution in [1.82, 2.24) is 0 Å². The Morgan fingerprint density at radius 3 is 2.26 bits per heavy atom. The molecule has 0 fully saturated rings. The Kier molecular flexibility index (Phi) is 13.8. The third-order valence-corrected chi connectivity index (χ3v) is 10.5. The van der Waals surface area contributed by atoms with Gasteiger partial charge in [-0.3, -0.25) is 4.79 Å². The molecule has 0 saturated heterocycles. The quantitative estimate of drug-likeness (QED) is 0.0464. The van der Waals surface area contributed by atoms with E-state index in [2.05, 4.69) is 54.3 Å². The van der Waals surface area contributed by atoms with Crippen LogP contribution >= 0.6 is 0 Å². The fourth-order valence-corrected chi connectivity index (χ4v) is 7.79. The van der Waals surface area contributed by atoms with Gasteiger partial charge in [-0.25, -0.2) is 0 Å². The van der Waals surface area contributed by atoms with Gasteiger partial charge in [0.25, 0.3) is 0 Å². The summed E-state index contributed by atoms with van der Waals surface area (Å²) in [7, 11) is 4.96. The highest BCUT2D eigenvalue weighted by molar-refractivity contribution is 5.97. The molecular formula is C47H50BrNO8. The lowest BCUT2D eigenvalue weighted by Crippen LogP contribution is -3.00. The van der Waals surface area contributed by atoms with Crippen LogP contribution in [0.1, 0.15) is 47.9 Å². The Morgan fingerprint density at radius 2 is 1.51 bits per heavy atom. The topological polar surface area (TPSA) is 85.6 Å².